The molecule has 2 aromatic heterocycles. The van der Waals surface area contributed by atoms with Crippen LogP contribution in [0.3, 0.4) is 0 Å². The number of allylic oxidation sites excluding steroid dienone is 1. The molecular weight excluding hydrogens is 338 g/mol. The highest BCUT2D eigenvalue weighted by Gasteiger charge is 2.31. The lowest BCUT2D eigenvalue weighted by Crippen LogP contribution is -2.20. The molecule has 0 saturated heterocycles. The van der Waals surface area contributed by atoms with E-state index in [4.69, 9.17) is 4.74 Å². The number of anilines is 1. The molecule has 0 spiro atoms. The zero-order valence-electron chi connectivity index (χ0n) is 13.3. The number of fused-ring (bicyclic) bond motifs is 1. The molecule has 0 radical (unpaired) electrons. The monoisotopic (exact) mass is 351 g/mol. The predicted molar refractivity (Wildman–Crippen MR) is 90.0 cm³/mol. The molecule has 9 heteroatoms. The van der Waals surface area contributed by atoms with Crippen LogP contribution in [0.5, 0.6) is 0 Å². The van der Waals surface area contributed by atoms with E-state index in [1.54, 1.807) is 24.3 Å². The van der Waals surface area contributed by atoms with Gasteiger partial charge in [-0.15, -0.1) is 0 Å². The topological polar surface area (TPSA) is 119 Å². The summed E-state index contributed by atoms with van der Waals surface area (Å²) in [5.41, 5.74) is 1.17. The Labute approximate surface area is 147 Å². The van der Waals surface area contributed by atoms with Crippen LogP contribution in [0.25, 0.3) is 11.2 Å². The third kappa shape index (κ3) is 2.70. The smallest absolute Gasteiger partial charge is 0.256 e. The zero-order valence-corrected chi connectivity index (χ0v) is 13.3. The summed E-state index contributed by atoms with van der Waals surface area (Å²) in [6.45, 7) is 0. The first-order chi connectivity index (χ1) is 12.7. The molecule has 1 aromatic carbocycles. The SMILES string of the molecule is O=CC1=C[C@@H](O)[C@H](n2cnc3c(NC(=O)c4ccccc4)ncnc32)O1. The van der Waals surface area contributed by atoms with Gasteiger partial charge in [-0.2, -0.15) is 0 Å². The van der Waals surface area contributed by atoms with Gasteiger partial charge in [0, 0.05) is 5.56 Å². The number of nitrogens with zero attached hydrogens (tertiary/aromatic N) is 4. The van der Waals surface area contributed by atoms with E-state index in [0.717, 1.165) is 0 Å². The van der Waals surface area contributed by atoms with Crippen molar-refractivity contribution in [2.45, 2.75) is 12.3 Å². The minimum atomic E-state index is -1.02. The summed E-state index contributed by atoms with van der Waals surface area (Å²) in [6.07, 6.45) is 2.62. The number of carbonyl (C=O) groups is 2. The molecule has 0 fully saturated rings. The maximum atomic E-state index is 12.3. The van der Waals surface area contributed by atoms with Crippen molar-refractivity contribution in [3.05, 3.63) is 60.4 Å². The molecule has 1 amide bonds. The number of amides is 1. The van der Waals surface area contributed by atoms with Gasteiger partial charge < -0.3 is 15.2 Å². The summed E-state index contributed by atoms with van der Waals surface area (Å²) in [5, 5.41) is 12.8. The Kier molecular flexibility index (Phi) is 3.90. The van der Waals surface area contributed by atoms with Crippen molar-refractivity contribution in [1.82, 2.24) is 19.5 Å². The fourth-order valence-electron chi connectivity index (χ4n) is 2.69. The Balaban J connectivity index is 1.66. The molecule has 26 heavy (non-hydrogen) atoms. The predicted octanol–water partition coefficient (Wildman–Crippen LogP) is 1.05. The highest BCUT2D eigenvalue weighted by atomic mass is 16.5. The number of nitrogens with one attached hydrogen (secondary N) is 1. The van der Waals surface area contributed by atoms with Crippen LogP contribution in [0.4, 0.5) is 5.82 Å². The Morgan fingerprint density at radius 1 is 1.23 bits per heavy atom. The van der Waals surface area contributed by atoms with Gasteiger partial charge in [0.2, 0.25) is 6.23 Å². The molecule has 9 nitrogen and oxygen atoms in total. The second-order valence-electron chi connectivity index (χ2n) is 5.55. The Bertz CT molecular complexity index is 1010. The quantitative estimate of drug-likeness (QED) is 0.674. The number of aliphatic hydroxyl groups is 1. The van der Waals surface area contributed by atoms with Crippen LogP contribution in [0.2, 0.25) is 0 Å². The number of rotatable bonds is 4. The summed E-state index contributed by atoms with van der Waals surface area (Å²) in [5.74, 6) is -0.0584. The van der Waals surface area contributed by atoms with E-state index in [0.29, 0.717) is 23.0 Å². The molecule has 0 saturated carbocycles. The maximum absolute atomic E-state index is 12.3. The van der Waals surface area contributed by atoms with Crippen molar-refractivity contribution < 1.29 is 19.4 Å². The summed E-state index contributed by atoms with van der Waals surface area (Å²) >= 11 is 0. The lowest BCUT2D eigenvalue weighted by atomic mass is 10.2. The van der Waals surface area contributed by atoms with Gasteiger partial charge >= 0.3 is 0 Å². The minimum absolute atomic E-state index is 0.0380. The normalized spacial score (nSPS) is 19.0. The molecule has 1 aliphatic heterocycles. The number of hydrogen-bond acceptors (Lipinski definition) is 7. The summed E-state index contributed by atoms with van der Waals surface area (Å²) < 4.78 is 6.86. The van der Waals surface area contributed by atoms with Crippen LogP contribution in [0.15, 0.2) is 54.8 Å². The van der Waals surface area contributed by atoms with Crippen molar-refractivity contribution in [2.24, 2.45) is 0 Å². The van der Waals surface area contributed by atoms with E-state index >= 15 is 0 Å². The van der Waals surface area contributed by atoms with Gasteiger partial charge in [-0.05, 0) is 18.2 Å². The van der Waals surface area contributed by atoms with Crippen molar-refractivity contribution in [1.29, 1.82) is 0 Å². The Morgan fingerprint density at radius 3 is 2.77 bits per heavy atom. The van der Waals surface area contributed by atoms with Crippen LogP contribution in [-0.4, -0.2) is 42.9 Å². The van der Waals surface area contributed by atoms with E-state index in [1.807, 2.05) is 6.07 Å². The van der Waals surface area contributed by atoms with E-state index in [-0.39, 0.29) is 17.5 Å². The number of aromatic nitrogens is 4. The summed E-state index contributed by atoms with van der Waals surface area (Å²) in [4.78, 5) is 35.6. The number of ether oxygens (including phenoxy) is 1. The first-order valence-corrected chi connectivity index (χ1v) is 7.73. The van der Waals surface area contributed by atoms with Crippen LogP contribution >= 0.6 is 0 Å². The second kappa shape index (κ2) is 6.37. The minimum Gasteiger partial charge on any atom is -0.464 e. The molecule has 4 rings (SSSR count). The van der Waals surface area contributed by atoms with E-state index < -0.39 is 12.3 Å². The largest absolute Gasteiger partial charge is 0.464 e. The molecule has 0 bridgehead atoms. The van der Waals surface area contributed by atoms with Crippen molar-refractivity contribution in [2.75, 3.05) is 5.32 Å². The van der Waals surface area contributed by atoms with Gasteiger partial charge in [-0.1, -0.05) is 18.2 Å². The number of carbonyl (C=O) groups excluding carboxylic acids is 2. The highest BCUT2D eigenvalue weighted by molar-refractivity contribution is 6.06. The molecule has 1 aliphatic rings. The molecule has 2 atom stereocenters. The number of aldehydes is 1. The van der Waals surface area contributed by atoms with Crippen LogP contribution in [-0.2, 0) is 9.53 Å². The lowest BCUT2D eigenvalue weighted by molar-refractivity contribution is -0.109. The number of aliphatic hydroxyl groups excluding tert-OH is 1. The molecular formula is C17H13N5O4. The first-order valence-electron chi connectivity index (χ1n) is 7.73. The second-order valence-corrected chi connectivity index (χ2v) is 5.55. The Morgan fingerprint density at radius 2 is 2.04 bits per heavy atom. The molecule has 0 unspecified atom stereocenters. The van der Waals surface area contributed by atoms with Gasteiger partial charge in [0.15, 0.2) is 29.0 Å². The summed E-state index contributed by atoms with van der Waals surface area (Å²) in [6, 6.07) is 8.70. The van der Waals surface area contributed by atoms with Gasteiger partial charge in [0.05, 0.1) is 0 Å². The van der Waals surface area contributed by atoms with Crippen molar-refractivity contribution in [3.63, 3.8) is 0 Å². The number of hydrogen-bond donors (Lipinski definition) is 2. The molecule has 2 N–H and O–H groups in total. The molecule has 3 heterocycles. The average molecular weight is 351 g/mol. The van der Waals surface area contributed by atoms with E-state index in [9.17, 15) is 14.7 Å². The first kappa shape index (κ1) is 15.9. The van der Waals surface area contributed by atoms with Gasteiger partial charge in [-0.25, -0.2) is 15.0 Å². The van der Waals surface area contributed by atoms with Gasteiger partial charge in [-0.3, -0.25) is 14.2 Å². The maximum Gasteiger partial charge on any atom is 0.256 e. The lowest BCUT2D eigenvalue weighted by Gasteiger charge is -2.16. The highest BCUT2D eigenvalue weighted by Crippen LogP contribution is 2.29. The zero-order chi connectivity index (χ0) is 18.1. The summed E-state index contributed by atoms with van der Waals surface area (Å²) in [7, 11) is 0. The van der Waals surface area contributed by atoms with E-state index in [2.05, 4.69) is 20.3 Å². The van der Waals surface area contributed by atoms with Crippen molar-refractivity contribution in [3.8, 4) is 0 Å². The fraction of sp³-hybridized carbons (Fsp3) is 0.118. The standard InChI is InChI=1S/C17H13N5O4/c23-7-11-6-12(24)17(26-11)22-9-20-13-14(18-8-19-15(13)22)21-16(25)10-4-2-1-3-5-10/h1-9,12,17,24H,(H,18,19,21,25)/t12-,17-/m1/s1. The third-order valence-electron chi connectivity index (χ3n) is 3.90. The molecule has 3 aromatic rings. The van der Waals surface area contributed by atoms with Gasteiger partial charge in [0.1, 0.15) is 18.8 Å². The van der Waals surface area contributed by atoms with Gasteiger partial charge in [0.25, 0.3) is 5.91 Å². The van der Waals surface area contributed by atoms with E-state index in [1.165, 1.54) is 23.3 Å². The van der Waals surface area contributed by atoms with Crippen LogP contribution < -0.4 is 5.32 Å². The number of imidazole rings is 1. The third-order valence-corrected chi connectivity index (χ3v) is 3.90. The average Bonchev–Trinajstić information content (AvgIpc) is 3.26. The molecule has 0 aliphatic carbocycles. The van der Waals surface area contributed by atoms with Crippen molar-refractivity contribution >= 4 is 29.2 Å². The fourth-order valence-corrected chi connectivity index (χ4v) is 2.69. The Hall–Kier alpha value is -3.59. The van der Waals surface area contributed by atoms with Crippen LogP contribution in [0, 0.1) is 0 Å². The number of benzene rings is 1. The molecule has 130 valence electrons. The van der Waals surface area contributed by atoms with Crippen LogP contribution in [0.1, 0.15) is 16.6 Å².